The van der Waals surface area contributed by atoms with E-state index in [0.717, 1.165) is 12.0 Å². The Morgan fingerprint density at radius 1 is 1.40 bits per heavy atom. The lowest BCUT2D eigenvalue weighted by molar-refractivity contribution is -0.124. The first-order chi connectivity index (χ1) is 9.39. The van der Waals surface area contributed by atoms with Crippen molar-refractivity contribution in [2.75, 3.05) is 13.7 Å². The molecule has 0 heterocycles. The third kappa shape index (κ3) is 5.02. The molecule has 4 nitrogen and oxygen atoms in total. The van der Waals surface area contributed by atoms with Crippen LogP contribution in [0.5, 0.6) is 5.75 Å². The number of nitrogens with one attached hydrogen (secondary N) is 2. The molecule has 0 radical (unpaired) electrons. The molecule has 0 aliphatic carbocycles. The van der Waals surface area contributed by atoms with E-state index in [-0.39, 0.29) is 18.1 Å². The predicted molar refractivity (Wildman–Crippen MR) is 82.2 cm³/mol. The molecule has 112 valence electrons. The molecule has 5 heteroatoms. The number of rotatable bonds is 7. The molecule has 1 aromatic rings. The van der Waals surface area contributed by atoms with Crippen LogP contribution in [0.4, 0.5) is 0 Å². The number of carbonyl (C=O) groups excluding carboxylic acids is 1. The molecule has 1 rings (SSSR count). The van der Waals surface area contributed by atoms with Gasteiger partial charge in [0.15, 0.2) is 6.61 Å². The van der Waals surface area contributed by atoms with Gasteiger partial charge in [-0.2, -0.15) is 0 Å². The van der Waals surface area contributed by atoms with E-state index in [1.54, 1.807) is 6.07 Å². The summed E-state index contributed by atoms with van der Waals surface area (Å²) in [5, 5.41) is 6.60. The van der Waals surface area contributed by atoms with E-state index in [1.165, 1.54) is 0 Å². The minimum Gasteiger partial charge on any atom is -0.483 e. The van der Waals surface area contributed by atoms with Crippen LogP contribution in [0.1, 0.15) is 32.8 Å². The summed E-state index contributed by atoms with van der Waals surface area (Å²) in [6.07, 6.45) is 0.862. The maximum absolute atomic E-state index is 11.9. The summed E-state index contributed by atoms with van der Waals surface area (Å²) >= 11 is 6.13. The zero-order chi connectivity index (χ0) is 15.2. The van der Waals surface area contributed by atoms with Gasteiger partial charge in [0, 0.05) is 22.7 Å². The van der Waals surface area contributed by atoms with Crippen LogP contribution in [0.25, 0.3) is 0 Å². The number of benzene rings is 1. The number of hydrogen-bond donors (Lipinski definition) is 2. The van der Waals surface area contributed by atoms with Crippen molar-refractivity contribution in [3.63, 3.8) is 0 Å². The highest BCUT2D eigenvalue weighted by Gasteiger charge is 2.18. The second kappa shape index (κ2) is 7.50. The summed E-state index contributed by atoms with van der Waals surface area (Å²) < 4.78 is 5.59. The van der Waals surface area contributed by atoms with Crippen molar-refractivity contribution in [3.8, 4) is 5.75 Å². The van der Waals surface area contributed by atoms with Gasteiger partial charge in [-0.05, 0) is 39.4 Å². The van der Waals surface area contributed by atoms with Gasteiger partial charge in [-0.25, -0.2) is 0 Å². The van der Waals surface area contributed by atoms with E-state index in [9.17, 15) is 4.79 Å². The van der Waals surface area contributed by atoms with E-state index >= 15 is 0 Å². The van der Waals surface area contributed by atoms with Crippen LogP contribution in [0.3, 0.4) is 0 Å². The molecule has 0 spiro atoms. The monoisotopic (exact) mass is 298 g/mol. The van der Waals surface area contributed by atoms with Gasteiger partial charge in [0.25, 0.3) is 5.91 Å². The first-order valence-electron chi connectivity index (χ1n) is 6.75. The fourth-order valence-electron chi connectivity index (χ4n) is 1.67. The van der Waals surface area contributed by atoms with Gasteiger partial charge >= 0.3 is 0 Å². The molecule has 0 bridgehead atoms. The SMILES string of the molecule is CCC(C)(C)NC(=O)COc1cccc(Cl)c1CNC. The average molecular weight is 299 g/mol. The fraction of sp³-hybridized carbons (Fsp3) is 0.533. The molecular formula is C15H23ClN2O2. The Kier molecular flexibility index (Phi) is 6.30. The van der Waals surface area contributed by atoms with Crippen molar-refractivity contribution in [1.82, 2.24) is 10.6 Å². The van der Waals surface area contributed by atoms with Crippen molar-refractivity contribution in [2.24, 2.45) is 0 Å². The van der Waals surface area contributed by atoms with Crippen LogP contribution in [-0.4, -0.2) is 25.1 Å². The van der Waals surface area contributed by atoms with Gasteiger partial charge < -0.3 is 15.4 Å². The number of hydrogen-bond acceptors (Lipinski definition) is 3. The Morgan fingerprint density at radius 2 is 2.10 bits per heavy atom. The summed E-state index contributed by atoms with van der Waals surface area (Å²) in [5.41, 5.74) is 0.641. The normalized spacial score (nSPS) is 11.2. The summed E-state index contributed by atoms with van der Waals surface area (Å²) in [7, 11) is 1.84. The zero-order valence-electron chi connectivity index (χ0n) is 12.5. The minimum absolute atomic E-state index is 0.0134. The molecule has 20 heavy (non-hydrogen) atoms. The average Bonchev–Trinajstić information content (AvgIpc) is 2.39. The number of carbonyl (C=O) groups is 1. The molecule has 1 aromatic carbocycles. The Bertz CT molecular complexity index is 461. The minimum atomic E-state index is -0.220. The van der Waals surface area contributed by atoms with Gasteiger partial charge in [0.2, 0.25) is 0 Å². The second-order valence-electron chi connectivity index (χ2n) is 5.32. The molecule has 0 saturated heterocycles. The molecule has 0 saturated carbocycles. The lowest BCUT2D eigenvalue weighted by Crippen LogP contribution is -2.44. The van der Waals surface area contributed by atoms with Crippen LogP contribution < -0.4 is 15.4 Å². The van der Waals surface area contributed by atoms with Gasteiger partial charge in [0.05, 0.1) is 0 Å². The van der Waals surface area contributed by atoms with Gasteiger partial charge in [0.1, 0.15) is 5.75 Å². The maximum Gasteiger partial charge on any atom is 0.258 e. The lowest BCUT2D eigenvalue weighted by atomic mass is 10.0. The van der Waals surface area contributed by atoms with Gasteiger partial charge in [-0.3, -0.25) is 4.79 Å². The molecule has 0 aliphatic heterocycles. The van der Waals surface area contributed by atoms with Crippen LogP contribution >= 0.6 is 11.6 Å². The van der Waals surface area contributed by atoms with E-state index in [4.69, 9.17) is 16.3 Å². The van der Waals surface area contributed by atoms with Gasteiger partial charge in [-0.1, -0.05) is 24.6 Å². The number of ether oxygens (including phenoxy) is 1. The molecule has 1 amide bonds. The molecular weight excluding hydrogens is 276 g/mol. The predicted octanol–water partition coefficient (Wildman–Crippen LogP) is 2.74. The maximum atomic E-state index is 11.9. The standard InChI is InChI=1S/C15H23ClN2O2/c1-5-15(2,3)18-14(19)10-20-13-8-6-7-12(16)11(13)9-17-4/h6-8,17H,5,9-10H2,1-4H3,(H,18,19). The van der Waals surface area contributed by atoms with Crippen molar-refractivity contribution in [3.05, 3.63) is 28.8 Å². The van der Waals surface area contributed by atoms with Crippen LogP contribution in [0.15, 0.2) is 18.2 Å². The highest BCUT2D eigenvalue weighted by molar-refractivity contribution is 6.31. The molecule has 0 atom stereocenters. The molecule has 0 aliphatic rings. The van der Waals surface area contributed by atoms with Crippen molar-refractivity contribution in [1.29, 1.82) is 0 Å². The van der Waals surface area contributed by atoms with Crippen molar-refractivity contribution in [2.45, 2.75) is 39.3 Å². The highest BCUT2D eigenvalue weighted by Crippen LogP contribution is 2.26. The number of amides is 1. The van der Waals surface area contributed by atoms with E-state index in [0.29, 0.717) is 17.3 Å². The fourth-order valence-corrected chi connectivity index (χ4v) is 1.90. The topological polar surface area (TPSA) is 50.4 Å². The summed E-state index contributed by atoms with van der Waals surface area (Å²) in [6.45, 7) is 6.58. The molecule has 2 N–H and O–H groups in total. The van der Waals surface area contributed by atoms with E-state index < -0.39 is 0 Å². The lowest BCUT2D eigenvalue weighted by Gasteiger charge is -2.24. The van der Waals surface area contributed by atoms with Crippen LogP contribution in [0.2, 0.25) is 5.02 Å². The summed E-state index contributed by atoms with van der Waals surface area (Å²) in [5.74, 6) is 0.503. The van der Waals surface area contributed by atoms with Gasteiger partial charge in [-0.15, -0.1) is 0 Å². The van der Waals surface area contributed by atoms with Crippen LogP contribution in [-0.2, 0) is 11.3 Å². The molecule has 0 aromatic heterocycles. The van der Waals surface area contributed by atoms with E-state index in [2.05, 4.69) is 10.6 Å². The quantitative estimate of drug-likeness (QED) is 0.814. The number of halogens is 1. The smallest absolute Gasteiger partial charge is 0.258 e. The third-order valence-electron chi connectivity index (χ3n) is 3.15. The highest BCUT2D eigenvalue weighted by atomic mass is 35.5. The Balaban J connectivity index is 2.66. The zero-order valence-corrected chi connectivity index (χ0v) is 13.3. The largest absolute Gasteiger partial charge is 0.483 e. The molecule has 0 unspecified atom stereocenters. The van der Waals surface area contributed by atoms with E-state index in [1.807, 2.05) is 40.0 Å². The first-order valence-corrected chi connectivity index (χ1v) is 7.13. The van der Waals surface area contributed by atoms with Crippen LogP contribution in [0, 0.1) is 0 Å². The Hall–Kier alpha value is -1.26. The van der Waals surface area contributed by atoms with Crippen molar-refractivity contribution >= 4 is 17.5 Å². The first kappa shape index (κ1) is 16.8. The summed E-state index contributed by atoms with van der Waals surface area (Å²) in [4.78, 5) is 11.9. The Morgan fingerprint density at radius 3 is 2.70 bits per heavy atom. The van der Waals surface area contributed by atoms with Crippen molar-refractivity contribution < 1.29 is 9.53 Å². The molecule has 0 fully saturated rings. The Labute approximate surface area is 125 Å². The third-order valence-corrected chi connectivity index (χ3v) is 3.50. The summed E-state index contributed by atoms with van der Waals surface area (Å²) in [6, 6.07) is 5.43. The second-order valence-corrected chi connectivity index (χ2v) is 5.73.